The number of fused-ring (bicyclic) bond motifs is 3. The van der Waals surface area contributed by atoms with Crippen molar-refractivity contribution in [2.24, 2.45) is 7.05 Å². The van der Waals surface area contributed by atoms with Crippen LogP contribution >= 0.6 is 0 Å². The van der Waals surface area contributed by atoms with Crippen LogP contribution in [0.3, 0.4) is 0 Å². The van der Waals surface area contributed by atoms with E-state index in [-0.39, 0.29) is 0 Å². The van der Waals surface area contributed by atoms with Gasteiger partial charge in [-0.3, -0.25) is 0 Å². The van der Waals surface area contributed by atoms with Gasteiger partial charge in [0.05, 0.1) is 17.2 Å². The predicted octanol–water partition coefficient (Wildman–Crippen LogP) is 8.21. The Labute approximate surface area is 216 Å². The summed E-state index contributed by atoms with van der Waals surface area (Å²) in [7, 11) is 2.05. The van der Waals surface area contributed by atoms with Gasteiger partial charge in [0.1, 0.15) is 18.2 Å². The molecular formula is C34H27N2O+. The molecule has 0 radical (unpaired) electrons. The first-order valence-electron chi connectivity index (χ1n) is 12.5. The first-order valence-corrected chi connectivity index (χ1v) is 12.5. The van der Waals surface area contributed by atoms with Gasteiger partial charge in [-0.2, -0.15) is 5.26 Å². The third-order valence-corrected chi connectivity index (χ3v) is 7.33. The highest BCUT2D eigenvalue weighted by Gasteiger charge is 2.23. The Bertz CT molecular complexity index is 1870. The number of nitriles is 1. The van der Waals surface area contributed by atoms with Gasteiger partial charge in [0, 0.05) is 28.5 Å². The molecule has 37 heavy (non-hydrogen) atoms. The monoisotopic (exact) mass is 479 g/mol. The van der Waals surface area contributed by atoms with Crippen LogP contribution < -0.4 is 4.57 Å². The molecule has 2 aromatic heterocycles. The summed E-state index contributed by atoms with van der Waals surface area (Å²) in [5, 5.41) is 12.2. The van der Waals surface area contributed by atoms with E-state index in [1.165, 1.54) is 11.1 Å². The highest BCUT2D eigenvalue weighted by Crippen LogP contribution is 2.43. The van der Waals surface area contributed by atoms with Gasteiger partial charge in [-0.25, -0.2) is 4.57 Å². The van der Waals surface area contributed by atoms with Gasteiger partial charge >= 0.3 is 0 Å². The Morgan fingerprint density at radius 2 is 1.41 bits per heavy atom. The molecule has 0 aliphatic carbocycles. The zero-order valence-corrected chi connectivity index (χ0v) is 21.5. The quantitative estimate of drug-likeness (QED) is 0.240. The van der Waals surface area contributed by atoms with Crippen molar-refractivity contribution in [2.75, 3.05) is 0 Å². The second-order valence-electron chi connectivity index (χ2n) is 9.81. The normalized spacial score (nSPS) is 11.2. The lowest BCUT2D eigenvalue weighted by Gasteiger charge is -2.11. The van der Waals surface area contributed by atoms with Crippen molar-refractivity contribution in [3.63, 3.8) is 0 Å². The third-order valence-electron chi connectivity index (χ3n) is 7.33. The van der Waals surface area contributed by atoms with Crippen LogP contribution in [0.1, 0.15) is 22.3 Å². The van der Waals surface area contributed by atoms with Gasteiger partial charge in [-0.1, -0.05) is 60.2 Å². The summed E-state index contributed by atoms with van der Waals surface area (Å²) < 4.78 is 8.84. The van der Waals surface area contributed by atoms with Crippen LogP contribution in [0, 0.1) is 32.1 Å². The van der Waals surface area contributed by atoms with Gasteiger partial charge in [0.15, 0.2) is 6.20 Å². The van der Waals surface area contributed by atoms with E-state index in [0.29, 0.717) is 5.56 Å². The molecule has 0 atom stereocenters. The number of benzene rings is 4. The molecule has 0 spiro atoms. The standard InChI is InChI=1S/C34H27N2O/c1-21-8-11-24(12-9-21)25-13-16-27(23(3)19-25)32-26(20-35)14-17-29-28-15-10-22(2)31(33(28)37-34(29)32)30-7-5-6-18-36(30)4/h5-19H,1-4H3/q+1. The number of hydrogen-bond donors (Lipinski definition) is 0. The predicted molar refractivity (Wildman–Crippen MR) is 150 cm³/mol. The summed E-state index contributed by atoms with van der Waals surface area (Å²) in [5.74, 6) is 0. The Morgan fingerprint density at radius 1 is 0.703 bits per heavy atom. The van der Waals surface area contributed by atoms with Crippen molar-refractivity contribution in [3.8, 4) is 39.6 Å². The fraction of sp³-hybridized carbons (Fsp3) is 0.118. The smallest absolute Gasteiger partial charge is 0.216 e. The molecule has 0 aliphatic heterocycles. The highest BCUT2D eigenvalue weighted by atomic mass is 16.3. The first-order chi connectivity index (χ1) is 18.0. The number of aryl methyl sites for hydroxylation is 4. The number of nitrogens with zero attached hydrogens (tertiary/aromatic N) is 2. The molecule has 0 N–H and O–H groups in total. The van der Waals surface area contributed by atoms with E-state index in [1.54, 1.807) is 0 Å². The third kappa shape index (κ3) is 3.70. The summed E-state index contributed by atoms with van der Waals surface area (Å²) in [6, 6.07) is 31.8. The van der Waals surface area contributed by atoms with Crippen LogP contribution in [0.4, 0.5) is 0 Å². The van der Waals surface area contributed by atoms with Gasteiger partial charge in [0.25, 0.3) is 0 Å². The molecule has 6 rings (SSSR count). The summed E-state index contributed by atoms with van der Waals surface area (Å²) in [5.41, 5.74) is 12.1. The van der Waals surface area contributed by atoms with Gasteiger partial charge in [0.2, 0.25) is 5.69 Å². The van der Waals surface area contributed by atoms with Crippen molar-refractivity contribution in [2.45, 2.75) is 20.8 Å². The fourth-order valence-electron chi connectivity index (χ4n) is 5.33. The highest BCUT2D eigenvalue weighted by molar-refractivity contribution is 6.14. The van der Waals surface area contributed by atoms with Crippen molar-refractivity contribution in [1.82, 2.24) is 0 Å². The van der Waals surface area contributed by atoms with Crippen LogP contribution in [0.15, 0.2) is 95.5 Å². The van der Waals surface area contributed by atoms with E-state index in [1.807, 2.05) is 18.2 Å². The Balaban J connectivity index is 1.62. The Morgan fingerprint density at radius 3 is 2.11 bits per heavy atom. The zero-order chi connectivity index (χ0) is 25.7. The average molecular weight is 480 g/mol. The van der Waals surface area contributed by atoms with Crippen LogP contribution in [-0.4, -0.2) is 0 Å². The molecular weight excluding hydrogens is 452 g/mol. The largest absolute Gasteiger partial charge is 0.454 e. The van der Waals surface area contributed by atoms with E-state index in [9.17, 15) is 5.26 Å². The average Bonchev–Trinajstić information content (AvgIpc) is 3.28. The molecule has 0 aliphatic rings. The Kier molecular flexibility index (Phi) is 5.39. The van der Waals surface area contributed by atoms with Crippen LogP contribution in [0.5, 0.6) is 0 Å². The first kappa shape index (κ1) is 22.8. The lowest BCUT2D eigenvalue weighted by Crippen LogP contribution is -2.30. The van der Waals surface area contributed by atoms with E-state index < -0.39 is 0 Å². The van der Waals surface area contributed by atoms with E-state index in [4.69, 9.17) is 4.42 Å². The SMILES string of the molecule is Cc1ccc(-c2ccc(-c3c(C#N)ccc4c3oc3c(-c5cccc[n+]5C)c(C)ccc34)c(C)c2)cc1. The number of furan rings is 1. The van der Waals surface area contributed by atoms with Crippen LogP contribution in [0.2, 0.25) is 0 Å². The topological polar surface area (TPSA) is 40.8 Å². The summed E-state index contributed by atoms with van der Waals surface area (Å²) in [4.78, 5) is 0. The van der Waals surface area contributed by atoms with E-state index in [0.717, 1.165) is 61.0 Å². The summed E-state index contributed by atoms with van der Waals surface area (Å²) in [6.07, 6.45) is 2.05. The van der Waals surface area contributed by atoms with Crippen LogP contribution in [-0.2, 0) is 7.05 Å². The molecule has 0 fully saturated rings. The molecule has 3 nitrogen and oxygen atoms in total. The molecule has 0 saturated heterocycles. The van der Waals surface area contributed by atoms with Gasteiger partial charge in [-0.05, 0) is 66.8 Å². The number of pyridine rings is 1. The van der Waals surface area contributed by atoms with E-state index in [2.05, 4.69) is 111 Å². The second-order valence-corrected chi connectivity index (χ2v) is 9.81. The summed E-state index contributed by atoms with van der Waals surface area (Å²) in [6.45, 7) is 6.32. The molecule has 178 valence electrons. The zero-order valence-electron chi connectivity index (χ0n) is 21.5. The molecule has 0 amide bonds. The molecule has 0 saturated carbocycles. The maximum absolute atomic E-state index is 10.1. The van der Waals surface area contributed by atoms with Gasteiger partial charge < -0.3 is 4.42 Å². The molecule has 6 aromatic rings. The van der Waals surface area contributed by atoms with Crippen LogP contribution in [0.25, 0.3) is 55.4 Å². The minimum atomic E-state index is 0.612. The molecule has 3 heteroatoms. The number of aromatic nitrogens is 1. The minimum Gasteiger partial charge on any atom is -0.454 e. The van der Waals surface area contributed by atoms with Crippen molar-refractivity contribution in [3.05, 3.63) is 113 Å². The summed E-state index contributed by atoms with van der Waals surface area (Å²) >= 11 is 0. The van der Waals surface area contributed by atoms with Crippen molar-refractivity contribution < 1.29 is 8.98 Å². The van der Waals surface area contributed by atoms with Crippen molar-refractivity contribution >= 4 is 21.9 Å². The fourth-order valence-corrected chi connectivity index (χ4v) is 5.33. The molecule has 0 bridgehead atoms. The van der Waals surface area contributed by atoms with E-state index >= 15 is 0 Å². The lowest BCUT2D eigenvalue weighted by molar-refractivity contribution is -0.660. The maximum Gasteiger partial charge on any atom is 0.216 e. The molecule has 0 unspecified atom stereocenters. The number of rotatable bonds is 3. The van der Waals surface area contributed by atoms with Crippen molar-refractivity contribution in [1.29, 1.82) is 5.26 Å². The molecule has 4 aromatic carbocycles. The second kappa shape index (κ2) is 8.76. The lowest BCUT2D eigenvalue weighted by atomic mass is 9.91. The minimum absolute atomic E-state index is 0.612. The number of hydrogen-bond acceptors (Lipinski definition) is 2. The Hall–Kier alpha value is -4.68. The van der Waals surface area contributed by atoms with Gasteiger partial charge in [-0.15, -0.1) is 0 Å². The molecule has 2 heterocycles. The maximum atomic E-state index is 10.1.